The van der Waals surface area contributed by atoms with Crippen LogP contribution in [-0.2, 0) is 12.8 Å². The van der Waals surface area contributed by atoms with Crippen molar-refractivity contribution in [2.75, 3.05) is 0 Å². The highest BCUT2D eigenvalue weighted by Crippen LogP contribution is 2.34. The average molecular weight is 223 g/mol. The smallest absolute Gasteiger partial charge is 0.0956 e. The third kappa shape index (κ3) is 2.25. The van der Waals surface area contributed by atoms with E-state index >= 15 is 0 Å². The second kappa shape index (κ2) is 4.25. The molecule has 1 unspecified atom stereocenters. The molecule has 0 N–H and O–H groups in total. The van der Waals surface area contributed by atoms with Crippen molar-refractivity contribution in [3.8, 4) is 0 Å². The Morgan fingerprint density at radius 2 is 2.00 bits per heavy atom. The molecule has 2 rings (SSSR count). The van der Waals surface area contributed by atoms with Gasteiger partial charge in [-0.25, -0.2) is 4.98 Å². The summed E-state index contributed by atoms with van der Waals surface area (Å²) in [6.07, 6.45) is 3.85. The van der Waals surface area contributed by atoms with Crippen LogP contribution in [0.1, 0.15) is 55.6 Å². The van der Waals surface area contributed by atoms with Gasteiger partial charge in [0.15, 0.2) is 0 Å². The minimum atomic E-state index is 0.595. The molecule has 1 heterocycles. The molecule has 0 spiro atoms. The van der Waals surface area contributed by atoms with Gasteiger partial charge in [0.05, 0.1) is 10.7 Å². The highest BCUT2D eigenvalue weighted by atomic mass is 32.1. The lowest BCUT2D eigenvalue weighted by Gasteiger charge is -2.24. The number of hydrogen-bond acceptors (Lipinski definition) is 2. The summed E-state index contributed by atoms with van der Waals surface area (Å²) in [5.74, 6) is 2.26. The van der Waals surface area contributed by atoms with Gasteiger partial charge in [-0.05, 0) is 31.1 Å². The monoisotopic (exact) mass is 223 g/mol. The molecule has 1 aliphatic carbocycles. The van der Waals surface area contributed by atoms with Crippen LogP contribution in [0.25, 0.3) is 0 Å². The molecule has 1 atom stereocenters. The molecule has 1 aromatic heterocycles. The maximum Gasteiger partial charge on any atom is 0.0956 e. The van der Waals surface area contributed by atoms with Crippen molar-refractivity contribution in [2.24, 2.45) is 11.8 Å². The van der Waals surface area contributed by atoms with Crippen LogP contribution in [0.15, 0.2) is 0 Å². The quantitative estimate of drug-likeness (QED) is 0.737. The van der Waals surface area contributed by atoms with Gasteiger partial charge in [-0.15, -0.1) is 11.3 Å². The first kappa shape index (κ1) is 11.1. The molecule has 0 amide bonds. The molecule has 1 aliphatic rings. The Kier molecular flexibility index (Phi) is 3.15. The molecule has 0 aliphatic heterocycles. The van der Waals surface area contributed by atoms with Crippen LogP contribution in [0.2, 0.25) is 0 Å². The third-order valence-corrected chi connectivity index (χ3v) is 4.89. The highest BCUT2D eigenvalue weighted by molar-refractivity contribution is 7.11. The van der Waals surface area contributed by atoms with E-state index in [-0.39, 0.29) is 0 Å². The number of hydrogen-bond donors (Lipinski definition) is 0. The van der Waals surface area contributed by atoms with Gasteiger partial charge >= 0.3 is 0 Å². The van der Waals surface area contributed by atoms with Crippen LogP contribution in [0.3, 0.4) is 0 Å². The highest BCUT2D eigenvalue weighted by Gasteiger charge is 2.24. The van der Waals surface area contributed by atoms with E-state index in [0.717, 1.165) is 11.8 Å². The van der Waals surface area contributed by atoms with Crippen molar-refractivity contribution in [3.63, 3.8) is 0 Å². The summed E-state index contributed by atoms with van der Waals surface area (Å²) >= 11 is 1.95. The normalized spacial score (nSPS) is 21.1. The van der Waals surface area contributed by atoms with E-state index in [4.69, 9.17) is 4.98 Å². The van der Waals surface area contributed by atoms with E-state index in [0.29, 0.717) is 5.92 Å². The molecule has 0 saturated carbocycles. The summed E-state index contributed by atoms with van der Waals surface area (Å²) in [7, 11) is 0. The van der Waals surface area contributed by atoms with E-state index in [2.05, 4.69) is 27.7 Å². The molecule has 0 fully saturated rings. The van der Waals surface area contributed by atoms with Gasteiger partial charge in [-0.2, -0.15) is 0 Å². The van der Waals surface area contributed by atoms with Crippen molar-refractivity contribution in [2.45, 2.75) is 52.9 Å². The molecule has 0 aromatic carbocycles. The first-order chi connectivity index (χ1) is 7.08. The standard InChI is InChI=1S/C13H21NS/c1-8(2)10-5-6-12-11(7-10)14-13(15-12)9(3)4/h8-10H,5-7H2,1-4H3. The maximum absolute atomic E-state index is 4.80. The molecule has 1 aromatic rings. The summed E-state index contributed by atoms with van der Waals surface area (Å²) in [4.78, 5) is 6.37. The van der Waals surface area contributed by atoms with E-state index in [1.165, 1.54) is 30.0 Å². The lowest BCUT2D eigenvalue weighted by Crippen LogP contribution is -2.18. The number of aryl methyl sites for hydroxylation is 1. The molecular weight excluding hydrogens is 202 g/mol. The summed E-state index contributed by atoms with van der Waals surface area (Å²) in [6, 6.07) is 0. The molecule has 0 saturated heterocycles. The van der Waals surface area contributed by atoms with Crippen LogP contribution >= 0.6 is 11.3 Å². The van der Waals surface area contributed by atoms with Gasteiger partial charge in [0.25, 0.3) is 0 Å². The molecule has 0 bridgehead atoms. The number of nitrogens with zero attached hydrogens (tertiary/aromatic N) is 1. The predicted molar refractivity (Wildman–Crippen MR) is 66.6 cm³/mol. The second-order valence-electron chi connectivity index (χ2n) is 5.32. The summed E-state index contributed by atoms with van der Waals surface area (Å²) in [6.45, 7) is 9.16. The zero-order valence-corrected chi connectivity index (χ0v) is 11.0. The SMILES string of the molecule is CC(C)c1nc2c(s1)CCC(C(C)C)C2. The van der Waals surface area contributed by atoms with Crippen LogP contribution in [0.4, 0.5) is 0 Å². The summed E-state index contributed by atoms with van der Waals surface area (Å²) in [5.41, 5.74) is 1.41. The van der Waals surface area contributed by atoms with Gasteiger partial charge in [0, 0.05) is 10.8 Å². The average Bonchev–Trinajstić information content (AvgIpc) is 2.59. The van der Waals surface area contributed by atoms with Crippen LogP contribution < -0.4 is 0 Å². The number of thiazole rings is 1. The van der Waals surface area contributed by atoms with Crippen molar-refractivity contribution >= 4 is 11.3 Å². The summed E-state index contributed by atoms with van der Waals surface area (Å²) in [5, 5.41) is 1.34. The van der Waals surface area contributed by atoms with Crippen molar-refractivity contribution in [1.82, 2.24) is 4.98 Å². The molecule has 15 heavy (non-hydrogen) atoms. The van der Waals surface area contributed by atoms with Crippen LogP contribution in [0, 0.1) is 11.8 Å². The Morgan fingerprint density at radius 1 is 1.27 bits per heavy atom. The van der Waals surface area contributed by atoms with Crippen molar-refractivity contribution in [3.05, 3.63) is 15.6 Å². The fourth-order valence-corrected chi connectivity index (χ4v) is 3.35. The fourth-order valence-electron chi connectivity index (χ4n) is 2.24. The number of fused-ring (bicyclic) bond motifs is 1. The molecule has 2 heteroatoms. The Hall–Kier alpha value is -0.370. The molecule has 84 valence electrons. The fraction of sp³-hybridized carbons (Fsp3) is 0.769. The Morgan fingerprint density at radius 3 is 2.60 bits per heavy atom. The number of rotatable bonds is 2. The minimum absolute atomic E-state index is 0.595. The topological polar surface area (TPSA) is 12.9 Å². The van der Waals surface area contributed by atoms with Crippen LogP contribution in [0.5, 0.6) is 0 Å². The minimum Gasteiger partial charge on any atom is -0.246 e. The predicted octanol–water partition coefficient (Wildman–Crippen LogP) is 4.03. The Balaban J connectivity index is 2.19. The van der Waals surface area contributed by atoms with Gasteiger partial charge < -0.3 is 0 Å². The van der Waals surface area contributed by atoms with E-state index in [1.807, 2.05) is 11.3 Å². The van der Waals surface area contributed by atoms with E-state index in [9.17, 15) is 0 Å². The lowest BCUT2D eigenvalue weighted by atomic mass is 9.83. The second-order valence-corrected chi connectivity index (χ2v) is 6.44. The Labute approximate surface area is 96.9 Å². The van der Waals surface area contributed by atoms with Gasteiger partial charge in [0.2, 0.25) is 0 Å². The zero-order chi connectivity index (χ0) is 11.0. The molecule has 0 radical (unpaired) electrons. The lowest BCUT2D eigenvalue weighted by molar-refractivity contribution is 0.341. The third-order valence-electron chi connectivity index (χ3n) is 3.43. The largest absolute Gasteiger partial charge is 0.246 e. The zero-order valence-electron chi connectivity index (χ0n) is 10.2. The number of aromatic nitrogens is 1. The Bertz CT molecular complexity index is 338. The van der Waals surface area contributed by atoms with E-state index < -0.39 is 0 Å². The molecular formula is C13H21NS. The van der Waals surface area contributed by atoms with Crippen molar-refractivity contribution in [1.29, 1.82) is 0 Å². The summed E-state index contributed by atoms with van der Waals surface area (Å²) < 4.78 is 0. The van der Waals surface area contributed by atoms with Gasteiger partial charge in [0.1, 0.15) is 0 Å². The first-order valence-corrected chi connectivity index (χ1v) is 6.88. The first-order valence-electron chi connectivity index (χ1n) is 6.06. The van der Waals surface area contributed by atoms with Gasteiger partial charge in [-0.1, -0.05) is 27.7 Å². The molecule has 1 nitrogen and oxygen atoms in total. The van der Waals surface area contributed by atoms with Gasteiger partial charge in [-0.3, -0.25) is 0 Å². The maximum atomic E-state index is 4.80. The van der Waals surface area contributed by atoms with Crippen molar-refractivity contribution < 1.29 is 0 Å². The van der Waals surface area contributed by atoms with E-state index in [1.54, 1.807) is 4.88 Å². The van der Waals surface area contributed by atoms with Crippen LogP contribution in [-0.4, -0.2) is 4.98 Å².